The average molecular weight is 211 g/mol. The van der Waals surface area contributed by atoms with E-state index in [1.54, 1.807) is 0 Å². The maximum Gasteiger partial charge on any atom is 0.0990 e. The standard InChI is InChI=1S/C12H23N2O/c1-2-11(10-7-14-8-10)12(15)9-3-5-13-6-4-9/h9-14H,2-8H2,1H3. The molecule has 2 rings (SSSR count). The summed E-state index contributed by atoms with van der Waals surface area (Å²) >= 11 is 0. The second kappa shape index (κ2) is 5.28. The Bertz CT molecular complexity index is 188. The van der Waals surface area contributed by atoms with Crippen LogP contribution in [0.25, 0.3) is 0 Å². The number of hydrogen-bond donors (Lipinski definition) is 2. The van der Waals surface area contributed by atoms with Crippen LogP contribution in [-0.4, -0.2) is 32.3 Å². The maximum atomic E-state index is 12.4. The molecule has 2 N–H and O–H groups in total. The third-order valence-electron chi connectivity index (χ3n) is 4.16. The molecule has 87 valence electrons. The van der Waals surface area contributed by atoms with Gasteiger partial charge in [-0.15, -0.1) is 0 Å². The highest BCUT2D eigenvalue weighted by atomic mass is 16.3. The lowest BCUT2D eigenvalue weighted by Gasteiger charge is -2.39. The van der Waals surface area contributed by atoms with Crippen LogP contribution >= 0.6 is 0 Å². The lowest BCUT2D eigenvalue weighted by atomic mass is 9.75. The van der Waals surface area contributed by atoms with Crippen molar-refractivity contribution >= 4 is 0 Å². The quantitative estimate of drug-likeness (QED) is 0.729. The molecule has 0 bridgehead atoms. The van der Waals surface area contributed by atoms with E-state index in [1.807, 2.05) is 0 Å². The first-order valence-electron chi connectivity index (χ1n) is 6.40. The average Bonchev–Trinajstić information content (AvgIpc) is 2.23. The van der Waals surface area contributed by atoms with Gasteiger partial charge < -0.3 is 10.6 Å². The summed E-state index contributed by atoms with van der Waals surface area (Å²) in [5.74, 6) is 1.50. The smallest absolute Gasteiger partial charge is 0.0990 e. The molecule has 0 aromatic rings. The number of rotatable bonds is 4. The molecule has 3 nitrogen and oxygen atoms in total. The van der Waals surface area contributed by atoms with E-state index in [4.69, 9.17) is 0 Å². The topological polar surface area (TPSA) is 44.0 Å². The second-order valence-corrected chi connectivity index (χ2v) is 5.04. The number of piperidine rings is 1. The van der Waals surface area contributed by atoms with Crippen LogP contribution in [0.15, 0.2) is 0 Å². The third-order valence-corrected chi connectivity index (χ3v) is 4.16. The molecule has 2 unspecified atom stereocenters. The van der Waals surface area contributed by atoms with E-state index >= 15 is 0 Å². The van der Waals surface area contributed by atoms with E-state index < -0.39 is 0 Å². The zero-order valence-electron chi connectivity index (χ0n) is 9.67. The highest BCUT2D eigenvalue weighted by Gasteiger charge is 2.36. The first-order chi connectivity index (χ1) is 7.33. The van der Waals surface area contributed by atoms with Crippen LogP contribution in [0.3, 0.4) is 0 Å². The Kier molecular flexibility index (Phi) is 4.00. The van der Waals surface area contributed by atoms with Crippen molar-refractivity contribution in [1.29, 1.82) is 0 Å². The lowest BCUT2D eigenvalue weighted by Crippen LogP contribution is -2.51. The van der Waals surface area contributed by atoms with Gasteiger partial charge in [0.05, 0.1) is 6.10 Å². The van der Waals surface area contributed by atoms with Crippen molar-refractivity contribution in [2.24, 2.45) is 17.8 Å². The number of nitrogens with one attached hydrogen (secondary N) is 2. The van der Waals surface area contributed by atoms with Gasteiger partial charge in [-0.2, -0.15) is 0 Å². The van der Waals surface area contributed by atoms with Gasteiger partial charge in [-0.25, -0.2) is 5.11 Å². The van der Waals surface area contributed by atoms with Gasteiger partial charge in [-0.3, -0.25) is 0 Å². The Morgan fingerprint density at radius 1 is 1.13 bits per heavy atom. The summed E-state index contributed by atoms with van der Waals surface area (Å²) < 4.78 is 0. The van der Waals surface area contributed by atoms with Gasteiger partial charge >= 0.3 is 0 Å². The zero-order valence-corrected chi connectivity index (χ0v) is 9.67. The van der Waals surface area contributed by atoms with Crippen molar-refractivity contribution in [1.82, 2.24) is 10.6 Å². The van der Waals surface area contributed by atoms with Gasteiger partial charge in [-0.05, 0) is 56.8 Å². The summed E-state index contributed by atoms with van der Waals surface area (Å²) in [6.45, 7) is 6.41. The number of hydrogen-bond acceptors (Lipinski definition) is 2. The van der Waals surface area contributed by atoms with Gasteiger partial charge in [0.1, 0.15) is 0 Å². The third kappa shape index (κ3) is 2.52. The minimum atomic E-state index is -0.316. The van der Waals surface area contributed by atoms with Crippen molar-refractivity contribution in [3.05, 3.63) is 0 Å². The summed E-state index contributed by atoms with van der Waals surface area (Å²) in [6, 6.07) is 0. The van der Waals surface area contributed by atoms with Crippen molar-refractivity contribution in [3.8, 4) is 0 Å². The molecule has 1 radical (unpaired) electrons. The first kappa shape index (κ1) is 11.4. The van der Waals surface area contributed by atoms with Crippen LogP contribution in [0.4, 0.5) is 0 Å². The summed E-state index contributed by atoms with van der Waals surface area (Å²) in [4.78, 5) is 0. The molecular weight excluding hydrogens is 188 g/mol. The molecule has 2 aliphatic rings. The van der Waals surface area contributed by atoms with E-state index in [9.17, 15) is 5.11 Å². The summed E-state index contributed by atoms with van der Waals surface area (Å²) in [5, 5.41) is 19.0. The molecule has 2 saturated heterocycles. The van der Waals surface area contributed by atoms with E-state index in [0.29, 0.717) is 17.8 Å². The van der Waals surface area contributed by atoms with Gasteiger partial charge in [0.2, 0.25) is 0 Å². The van der Waals surface area contributed by atoms with E-state index in [0.717, 1.165) is 45.4 Å². The van der Waals surface area contributed by atoms with E-state index in [-0.39, 0.29) is 6.10 Å². The summed E-state index contributed by atoms with van der Waals surface area (Å²) in [5.41, 5.74) is 0. The van der Waals surface area contributed by atoms with Crippen molar-refractivity contribution in [3.63, 3.8) is 0 Å². The minimum absolute atomic E-state index is 0.316. The first-order valence-corrected chi connectivity index (χ1v) is 6.40. The fourth-order valence-corrected chi connectivity index (χ4v) is 2.97. The molecule has 2 atom stereocenters. The van der Waals surface area contributed by atoms with Gasteiger partial charge in [0.25, 0.3) is 0 Å². The maximum absolute atomic E-state index is 12.4. The van der Waals surface area contributed by atoms with Crippen LogP contribution < -0.4 is 10.6 Å². The molecule has 15 heavy (non-hydrogen) atoms. The largest absolute Gasteiger partial charge is 0.317 e. The second-order valence-electron chi connectivity index (χ2n) is 5.04. The molecule has 0 aromatic heterocycles. The van der Waals surface area contributed by atoms with Crippen LogP contribution in [0.1, 0.15) is 26.2 Å². The highest BCUT2D eigenvalue weighted by molar-refractivity contribution is 4.88. The Labute approximate surface area is 92.6 Å². The Morgan fingerprint density at radius 3 is 2.27 bits per heavy atom. The molecular formula is C12H23N2O. The van der Waals surface area contributed by atoms with Crippen LogP contribution in [0.5, 0.6) is 0 Å². The molecule has 0 amide bonds. The summed E-state index contributed by atoms with van der Waals surface area (Å²) in [7, 11) is 0. The predicted molar refractivity (Wildman–Crippen MR) is 60.2 cm³/mol. The predicted octanol–water partition coefficient (Wildman–Crippen LogP) is 1.03. The Hall–Kier alpha value is -0.120. The summed E-state index contributed by atoms with van der Waals surface area (Å²) in [6.07, 6.45) is 2.92. The molecule has 0 saturated carbocycles. The molecule has 2 fully saturated rings. The van der Waals surface area contributed by atoms with Gasteiger partial charge in [0, 0.05) is 0 Å². The lowest BCUT2D eigenvalue weighted by molar-refractivity contribution is -0.0492. The normalized spacial score (nSPS) is 28.4. The van der Waals surface area contributed by atoms with Crippen LogP contribution in [0, 0.1) is 17.8 Å². The molecule has 0 spiro atoms. The molecule has 2 aliphatic heterocycles. The SMILES string of the molecule is CCC(C1CNC1)C([O])C1CCNCC1. The molecule has 0 aliphatic carbocycles. The zero-order chi connectivity index (χ0) is 10.7. The van der Waals surface area contributed by atoms with Crippen LogP contribution in [-0.2, 0) is 5.11 Å². The minimum Gasteiger partial charge on any atom is -0.317 e. The van der Waals surface area contributed by atoms with Gasteiger partial charge in [0.15, 0.2) is 0 Å². The molecule has 0 aromatic carbocycles. The van der Waals surface area contributed by atoms with E-state index in [1.165, 1.54) is 0 Å². The molecule has 3 heteroatoms. The fraction of sp³-hybridized carbons (Fsp3) is 1.00. The monoisotopic (exact) mass is 211 g/mol. The molecule has 2 heterocycles. The van der Waals surface area contributed by atoms with Crippen LogP contribution in [0.2, 0.25) is 0 Å². The van der Waals surface area contributed by atoms with Crippen molar-refractivity contribution in [2.75, 3.05) is 26.2 Å². The Morgan fingerprint density at radius 2 is 1.80 bits per heavy atom. The fourth-order valence-electron chi connectivity index (χ4n) is 2.97. The highest BCUT2D eigenvalue weighted by Crippen LogP contribution is 2.31. The van der Waals surface area contributed by atoms with E-state index in [2.05, 4.69) is 17.6 Å². The van der Waals surface area contributed by atoms with Crippen molar-refractivity contribution in [2.45, 2.75) is 32.3 Å². The Balaban J connectivity index is 1.87. The van der Waals surface area contributed by atoms with Crippen molar-refractivity contribution < 1.29 is 5.11 Å². The van der Waals surface area contributed by atoms with Gasteiger partial charge in [-0.1, -0.05) is 13.3 Å².